The minimum absolute atomic E-state index is 0.0809. The van der Waals surface area contributed by atoms with Crippen molar-refractivity contribution in [1.82, 2.24) is 15.0 Å². The van der Waals surface area contributed by atoms with Crippen LogP contribution in [0.2, 0.25) is 0 Å². The maximum atomic E-state index is 5.83. The van der Waals surface area contributed by atoms with Gasteiger partial charge in [-0.2, -0.15) is 0 Å². The Kier molecular flexibility index (Phi) is 4.50. The van der Waals surface area contributed by atoms with Crippen LogP contribution in [0.15, 0.2) is 24.3 Å². The van der Waals surface area contributed by atoms with Crippen molar-refractivity contribution in [2.45, 2.75) is 58.2 Å². The lowest BCUT2D eigenvalue weighted by Gasteiger charge is -2.19. The summed E-state index contributed by atoms with van der Waals surface area (Å²) < 4.78 is 7.77. The SMILES string of the molecule is CC(C)(C)c1ccc(Cn2nnc(CN)c2C2CCCO2)cc1. The molecule has 1 saturated heterocycles. The molecule has 0 bridgehead atoms. The van der Waals surface area contributed by atoms with E-state index in [0.717, 1.165) is 30.8 Å². The molecule has 1 unspecified atom stereocenters. The van der Waals surface area contributed by atoms with Crippen molar-refractivity contribution in [3.05, 3.63) is 46.8 Å². The Labute approximate surface area is 137 Å². The third kappa shape index (κ3) is 3.46. The van der Waals surface area contributed by atoms with Crippen molar-refractivity contribution in [3.63, 3.8) is 0 Å². The molecule has 1 fully saturated rings. The van der Waals surface area contributed by atoms with Gasteiger partial charge in [-0.1, -0.05) is 50.3 Å². The minimum Gasteiger partial charge on any atom is -0.372 e. The van der Waals surface area contributed by atoms with E-state index in [0.29, 0.717) is 13.1 Å². The predicted molar refractivity (Wildman–Crippen MR) is 90.1 cm³/mol. The lowest BCUT2D eigenvalue weighted by molar-refractivity contribution is 0.104. The molecule has 0 spiro atoms. The molecule has 1 aliphatic rings. The number of nitrogens with two attached hydrogens (primary N) is 1. The maximum Gasteiger partial charge on any atom is 0.102 e. The van der Waals surface area contributed by atoms with Gasteiger partial charge in [-0.3, -0.25) is 0 Å². The zero-order valence-corrected chi connectivity index (χ0v) is 14.2. The molecule has 0 radical (unpaired) electrons. The Morgan fingerprint density at radius 3 is 2.57 bits per heavy atom. The highest BCUT2D eigenvalue weighted by Crippen LogP contribution is 2.30. The average molecular weight is 314 g/mol. The summed E-state index contributed by atoms with van der Waals surface area (Å²) in [4.78, 5) is 0. The van der Waals surface area contributed by atoms with Crippen LogP contribution in [0.3, 0.4) is 0 Å². The van der Waals surface area contributed by atoms with Gasteiger partial charge in [0.1, 0.15) is 11.8 Å². The molecule has 0 saturated carbocycles. The first kappa shape index (κ1) is 16.1. The van der Waals surface area contributed by atoms with Crippen LogP contribution in [0.25, 0.3) is 0 Å². The molecule has 2 N–H and O–H groups in total. The van der Waals surface area contributed by atoms with E-state index in [9.17, 15) is 0 Å². The van der Waals surface area contributed by atoms with Gasteiger partial charge in [0.15, 0.2) is 0 Å². The zero-order chi connectivity index (χ0) is 16.4. The minimum atomic E-state index is 0.0809. The average Bonchev–Trinajstić information content (AvgIpc) is 3.15. The van der Waals surface area contributed by atoms with Crippen LogP contribution in [-0.2, 0) is 23.2 Å². The number of rotatable bonds is 4. The molecule has 2 heterocycles. The Bertz CT molecular complexity index is 649. The number of aromatic nitrogens is 3. The molecule has 1 aromatic heterocycles. The van der Waals surface area contributed by atoms with Gasteiger partial charge in [-0.25, -0.2) is 4.68 Å². The Hall–Kier alpha value is -1.72. The molecular formula is C18H26N4O. The second kappa shape index (κ2) is 6.42. The van der Waals surface area contributed by atoms with Gasteiger partial charge in [-0.05, 0) is 29.4 Å². The van der Waals surface area contributed by atoms with E-state index in [1.807, 2.05) is 4.68 Å². The van der Waals surface area contributed by atoms with E-state index in [-0.39, 0.29) is 11.5 Å². The quantitative estimate of drug-likeness (QED) is 0.942. The van der Waals surface area contributed by atoms with Gasteiger partial charge in [-0.15, -0.1) is 5.10 Å². The van der Waals surface area contributed by atoms with Crippen LogP contribution in [0, 0.1) is 0 Å². The first-order chi connectivity index (χ1) is 11.0. The predicted octanol–water partition coefficient (Wildman–Crippen LogP) is 2.93. The molecule has 3 rings (SSSR count). The molecule has 1 aliphatic heterocycles. The van der Waals surface area contributed by atoms with Crippen LogP contribution < -0.4 is 5.73 Å². The first-order valence-electron chi connectivity index (χ1n) is 8.32. The number of benzene rings is 1. The summed E-state index contributed by atoms with van der Waals surface area (Å²) in [6.45, 7) is 8.58. The number of ether oxygens (including phenoxy) is 1. The van der Waals surface area contributed by atoms with Crippen LogP contribution in [0.4, 0.5) is 0 Å². The topological polar surface area (TPSA) is 66.0 Å². The lowest BCUT2D eigenvalue weighted by Crippen LogP contribution is -2.14. The van der Waals surface area contributed by atoms with E-state index in [4.69, 9.17) is 10.5 Å². The molecule has 0 aliphatic carbocycles. The van der Waals surface area contributed by atoms with E-state index in [2.05, 4.69) is 55.3 Å². The van der Waals surface area contributed by atoms with Crippen LogP contribution in [0.5, 0.6) is 0 Å². The Morgan fingerprint density at radius 2 is 2.00 bits per heavy atom. The third-order valence-electron chi connectivity index (χ3n) is 4.43. The molecule has 5 nitrogen and oxygen atoms in total. The molecule has 1 aromatic carbocycles. The van der Waals surface area contributed by atoms with Gasteiger partial charge in [0.05, 0.1) is 12.2 Å². The fourth-order valence-electron chi connectivity index (χ4n) is 3.05. The summed E-state index contributed by atoms with van der Waals surface area (Å²) in [7, 11) is 0. The van der Waals surface area contributed by atoms with Crippen molar-refractivity contribution in [1.29, 1.82) is 0 Å². The van der Waals surface area contributed by atoms with Gasteiger partial charge in [0, 0.05) is 13.2 Å². The normalized spacial score (nSPS) is 18.5. The highest BCUT2D eigenvalue weighted by atomic mass is 16.5. The van der Waals surface area contributed by atoms with Crippen LogP contribution in [0.1, 0.15) is 62.2 Å². The van der Waals surface area contributed by atoms with Gasteiger partial charge in [0.2, 0.25) is 0 Å². The fraction of sp³-hybridized carbons (Fsp3) is 0.556. The Morgan fingerprint density at radius 1 is 1.26 bits per heavy atom. The number of hydrogen-bond acceptors (Lipinski definition) is 4. The highest BCUT2D eigenvalue weighted by Gasteiger charge is 2.26. The Balaban J connectivity index is 1.84. The van der Waals surface area contributed by atoms with Gasteiger partial charge >= 0.3 is 0 Å². The third-order valence-corrected chi connectivity index (χ3v) is 4.43. The van der Waals surface area contributed by atoms with Crippen molar-refractivity contribution < 1.29 is 4.74 Å². The van der Waals surface area contributed by atoms with E-state index in [1.54, 1.807) is 0 Å². The summed E-state index contributed by atoms with van der Waals surface area (Å²) in [5.41, 5.74) is 10.4. The van der Waals surface area contributed by atoms with Gasteiger partial charge < -0.3 is 10.5 Å². The molecule has 124 valence electrons. The largest absolute Gasteiger partial charge is 0.372 e. The molecule has 2 aromatic rings. The zero-order valence-electron chi connectivity index (χ0n) is 14.2. The summed E-state index contributed by atoms with van der Waals surface area (Å²) >= 11 is 0. The van der Waals surface area contributed by atoms with Gasteiger partial charge in [0.25, 0.3) is 0 Å². The summed E-state index contributed by atoms with van der Waals surface area (Å²) in [6.07, 6.45) is 2.18. The van der Waals surface area contributed by atoms with Crippen molar-refractivity contribution in [3.8, 4) is 0 Å². The second-order valence-electron chi connectivity index (χ2n) is 7.23. The monoisotopic (exact) mass is 314 g/mol. The smallest absolute Gasteiger partial charge is 0.102 e. The summed E-state index contributed by atoms with van der Waals surface area (Å²) in [5.74, 6) is 0. The van der Waals surface area contributed by atoms with Crippen LogP contribution in [-0.4, -0.2) is 21.6 Å². The molecule has 0 amide bonds. The molecule has 23 heavy (non-hydrogen) atoms. The standard InChI is InChI=1S/C18H26N4O/c1-18(2,3)14-8-6-13(7-9-14)12-22-17(15(11-19)20-21-22)16-5-4-10-23-16/h6-9,16H,4-5,10-12,19H2,1-3H3. The first-order valence-corrected chi connectivity index (χ1v) is 8.32. The second-order valence-corrected chi connectivity index (χ2v) is 7.23. The van der Waals surface area contributed by atoms with Crippen LogP contribution >= 0.6 is 0 Å². The maximum absolute atomic E-state index is 5.83. The summed E-state index contributed by atoms with van der Waals surface area (Å²) in [6, 6.07) is 8.73. The van der Waals surface area contributed by atoms with E-state index >= 15 is 0 Å². The lowest BCUT2D eigenvalue weighted by atomic mass is 9.87. The number of hydrogen-bond donors (Lipinski definition) is 1. The van der Waals surface area contributed by atoms with Crippen molar-refractivity contribution in [2.75, 3.05) is 6.61 Å². The number of nitrogens with zero attached hydrogens (tertiary/aromatic N) is 3. The molecular weight excluding hydrogens is 288 g/mol. The molecule has 1 atom stereocenters. The van der Waals surface area contributed by atoms with Crippen molar-refractivity contribution in [2.24, 2.45) is 5.73 Å². The van der Waals surface area contributed by atoms with E-state index < -0.39 is 0 Å². The van der Waals surface area contributed by atoms with E-state index in [1.165, 1.54) is 11.1 Å². The van der Waals surface area contributed by atoms with Crippen molar-refractivity contribution >= 4 is 0 Å². The highest BCUT2D eigenvalue weighted by molar-refractivity contribution is 5.28. The summed E-state index contributed by atoms with van der Waals surface area (Å²) in [5, 5.41) is 8.54. The fourth-order valence-corrected chi connectivity index (χ4v) is 3.05. The molecule has 5 heteroatoms.